The number of hydrogen-bond donors (Lipinski definition) is 2. The van der Waals surface area contributed by atoms with Gasteiger partial charge in [-0.1, -0.05) is 43.7 Å². The van der Waals surface area contributed by atoms with E-state index < -0.39 is 27.0 Å². The minimum absolute atomic E-state index is 0.238. The lowest BCUT2D eigenvalue weighted by Crippen LogP contribution is -2.34. The Hall–Kier alpha value is -2.33. The maximum absolute atomic E-state index is 12.9. The lowest BCUT2D eigenvalue weighted by atomic mass is 9.88. The number of nitrogens with zero attached hydrogens (tertiary/aromatic N) is 1. The first-order valence-corrected chi connectivity index (χ1v) is 11.3. The smallest absolute Gasteiger partial charge is 0.310 e. The van der Waals surface area contributed by atoms with Gasteiger partial charge in [0.1, 0.15) is 4.90 Å². The van der Waals surface area contributed by atoms with Gasteiger partial charge in [-0.2, -0.15) is 0 Å². The van der Waals surface area contributed by atoms with E-state index in [1.54, 1.807) is 0 Å². The third kappa shape index (κ3) is 5.23. The molecule has 1 fully saturated rings. The summed E-state index contributed by atoms with van der Waals surface area (Å²) in [5.74, 6) is -1.14. The van der Waals surface area contributed by atoms with E-state index in [-0.39, 0.29) is 5.91 Å². The fourth-order valence-electron chi connectivity index (χ4n) is 3.51. The van der Waals surface area contributed by atoms with E-state index in [9.17, 15) is 24.2 Å². The lowest BCUT2D eigenvalue weighted by Gasteiger charge is -2.40. The predicted octanol–water partition coefficient (Wildman–Crippen LogP) is 5.03. The molecular weight excluding hydrogens is 425 g/mol. The third-order valence-electron chi connectivity index (χ3n) is 5.22. The van der Waals surface area contributed by atoms with E-state index in [4.69, 9.17) is 0 Å². The van der Waals surface area contributed by atoms with Crippen molar-refractivity contribution >= 4 is 21.8 Å². The second-order valence-corrected chi connectivity index (χ2v) is 10.1. The zero-order valence-electron chi connectivity index (χ0n) is 16.5. The first-order chi connectivity index (χ1) is 13.7. The fourth-order valence-corrected chi connectivity index (χ4v) is 4.16. The standard InChI is InChI=1S/C20H24F5N3OS/c1-28(2)16-7-3-14(4-8-16)11-27-20(29)19-13-26-12-18(19)15-5-9-17(10-6-15)30(21,22,23,24)25/h3-10,18-19,26H,11-13H2,1-2H3,(H,27,29)/t18-,19+/m1/s1. The van der Waals surface area contributed by atoms with Crippen LogP contribution in [0.1, 0.15) is 17.0 Å². The van der Waals surface area contributed by atoms with Crippen LogP contribution in [0.15, 0.2) is 53.4 Å². The minimum atomic E-state index is -9.70. The summed E-state index contributed by atoms with van der Waals surface area (Å²) in [5, 5.41) is 5.90. The van der Waals surface area contributed by atoms with E-state index in [0.717, 1.165) is 23.4 Å². The molecule has 1 aliphatic rings. The number of hydrogen-bond acceptors (Lipinski definition) is 3. The van der Waals surface area contributed by atoms with Crippen molar-refractivity contribution in [3.63, 3.8) is 0 Å². The number of carbonyl (C=O) groups is 1. The van der Waals surface area contributed by atoms with Crippen molar-refractivity contribution in [2.75, 3.05) is 32.1 Å². The Morgan fingerprint density at radius 2 is 1.60 bits per heavy atom. The number of halogens is 5. The van der Waals surface area contributed by atoms with Crippen LogP contribution in [0.2, 0.25) is 0 Å². The monoisotopic (exact) mass is 449 g/mol. The Morgan fingerprint density at radius 1 is 1.00 bits per heavy atom. The van der Waals surface area contributed by atoms with E-state index in [1.807, 2.05) is 43.3 Å². The minimum Gasteiger partial charge on any atom is -0.378 e. The largest absolute Gasteiger partial charge is 0.378 e. The molecule has 1 heterocycles. The van der Waals surface area contributed by atoms with Gasteiger partial charge >= 0.3 is 10.2 Å². The summed E-state index contributed by atoms with van der Waals surface area (Å²) in [6, 6.07) is 10.5. The molecule has 2 atom stereocenters. The molecule has 30 heavy (non-hydrogen) atoms. The van der Waals surface area contributed by atoms with Crippen LogP contribution in [0.3, 0.4) is 0 Å². The topological polar surface area (TPSA) is 44.4 Å². The molecular formula is C20H24F5N3OS. The van der Waals surface area contributed by atoms with Gasteiger partial charge in [0.15, 0.2) is 0 Å². The summed E-state index contributed by atoms with van der Waals surface area (Å²) in [4.78, 5) is 12.7. The van der Waals surface area contributed by atoms with Crippen molar-refractivity contribution in [2.24, 2.45) is 5.92 Å². The zero-order chi connectivity index (χ0) is 22.2. The zero-order valence-corrected chi connectivity index (χ0v) is 17.4. The van der Waals surface area contributed by atoms with Crippen LogP contribution in [0.25, 0.3) is 0 Å². The molecule has 1 aliphatic heterocycles. The average molecular weight is 449 g/mol. The van der Waals surface area contributed by atoms with Crippen LogP contribution in [0.4, 0.5) is 25.1 Å². The highest BCUT2D eigenvalue weighted by atomic mass is 32.5. The number of amides is 1. The summed E-state index contributed by atoms with van der Waals surface area (Å²) in [5.41, 5.74) is 2.36. The van der Waals surface area contributed by atoms with Crippen LogP contribution < -0.4 is 15.5 Å². The molecule has 2 aromatic carbocycles. The molecule has 1 saturated heterocycles. The molecule has 2 N–H and O–H groups in total. The van der Waals surface area contributed by atoms with Crippen molar-refractivity contribution in [3.8, 4) is 0 Å². The number of nitrogens with one attached hydrogen (secondary N) is 2. The SMILES string of the molecule is CN(C)c1ccc(CNC(=O)[C@H]2CNC[C@@H]2c2ccc(S(F)(F)(F)(F)F)cc2)cc1. The van der Waals surface area contributed by atoms with Gasteiger partial charge in [0, 0.05) is 45.3 Å². The van der Waals surface area contributed by atoms with E-state index in [1.165, 1.54) is 0 Å². The Balaban J connectivity index is 1.67. The second-order valence-electron chi connectivity index (χ2n) is 7.69. The summed E-state index contributed by atoms with van der Waals surface area (Å²) < 4.78 is 64.6. The van der Waals surface area contributed by atoms with E-state index in [2.05, 4.69) is 10.6 Å². The van der Waals surface area contributed by atoms with Crippen LogP contribution in [-0.2, 0) is 11.3 Å². The molecule has 166 valence electrons. The summed E-state index contributed by atoms with van der Waals surface area (Å²) in [6.07, 6.45) is 0. The van der Waals surface area contributed by atoms with Crippen LogP contribution in [0, 0.1) is 5.92 Å². The molecule has 0 aliphatic carbocycles. The number of benzene rings is 2. The highest BCUT2D eigenvalue weighted by molar-refractivity contribution is 8.45. The highest BCUT2D eigenvalue weighted by Crippen LogP contribution is 3.02. The molecule has 0 unspecified atom stereocenters. The second kappa shape index (κ2) is 7.12. The normalized spacial score (nSPS) is 21.6. The first kappa shape index (κ1) is 22.4. The Kier molecular flexibility index (Phi) is 5.31. The molecule has 1 amide bonds. The van der Waals surface area contributed by atoms with Crippen molar-refractivity contribution in [1.29, 1.82) is 0 Å². The molecule has 0 aromatic heterocycles. The van der Waals surface area contributed by atoms with Crippen molar-refractivity contribution < 1.29 is 24.2 Å². The van der Waals surface area contributed by atoms with Gasteiger partial charge in [-0.15, -0.1) is 0 Å². The molecule has 0 bridgehead atoms. The first-order valence-electron chi connectivity index (χ1n) is 9.33. The molecule has 0 radical (unpaired) electrons. The molecule has 10 heteroatoms. The Labute approximate surface area is 172 Å². The molecule has 3 rings (SSSR count). The summed E-state index contributed by atoms with van der Waals surface area (Å²) in [7, 11) is -5.86. The van der Waals surface area contributed by atoms with Crippen LogP contribution >= 0.6 is 10.2 Å². The summed E-state index contributed by atoms with van der Waals surface area (Å²) >= 11 is 0. The highest BCUT2D eigenvalue weighted by Gasteiger charge is 2.65. The summed E-state index contributed by atoms with van der Waals surface area (Å²) in [6.45, 7) is 1.06. The lowest BCUT2D eigenvalue weighted by molar-refractivity contribution is -0.125. The molecule has 0 spiro atoms. The number of anilines is 1. The van der Waals surface area contributed by atoms with E-state index >= 15 is 0 Å². The van der Waals surface area contributed by atoms with Gasteiger partial charge in [0.2, 0.25) is 5.91 Å². The molecule has 4 nitrogen and oxygen atoms in total. The van der Waals surface area contributed by atoms with Crippen LogP contribution in [0.5, 0.6) is 0 Å². The van der Waals surface area contributed by atoms with Gasteiger partial charge < -0.3 is 15.5 Å². The van der Waals surface area contributed by atoms with Gasteiger partial charge in [-0.3, -0.25) is 4.79 Å². The van der Waals surface area contributed by atoms with E-state index in [0.29, 0.717) is 37.3 Å². The van der Waals surface area contributed by atoms with Crippen molar-refractivity contribution in [2.45, 2.75) is 17.4 Å². The fraction of sp³-hybridized carbons (Fsp3) is 0.350. The van der Waals surface area contributed by atoms with Gasteiger partial charge in [-0.25, -0.2) is 0 Å². The predicted molar refractivity (Wildman–Crippen MR) is 110 cm³/mol. The molecule has 0 saturated carbocycles. The van der Waals surface area contributed by atoms with Crippen LogP contribution in [-0.4, -0.2) is 33.1 Å². The third-order valence-corrected chi connectivity index (χ3v) is 6.39. The van der Waals surface area contributed by atoms with Gasteiger partial charge in [-0.05, 0) is 35.4 Å². The molecule has 2 aromatic rings. The maximum atomic E-state index is 12.9. The Bertz CT molecular complexity index is 915. The van der Waals surface area contributed by atoms with Gasteiger partial charge in [0.25, 0.3) is 0 Å². The van der Waals surface area contributed by atoms with Crippen molar-refractivity contribution in [1.82, 2.24) is 10.6 Å². The average Bonchev–Trinajstić information content (AvgIpc) is 3.14. The number of rotatable bonds is 6. The maximum Gasteiger partial charge on any atom is 0.310 e. The van der Waals surface area contributed by atoms with Gasteiger partial charge in [0.05, 0.1) is 5.92 Å². The van der Waals surface area contributed by atoms with Crippen molar-refractivity contribution in [3.05, 3.63) is 59.7 Å². The quantitative estimate of drug-likeness (QED) is 0.608. The Morgan fingerprint density at radius 3 is 2.13 bits per heavy atom. The number of carbonyl (C=O) groups excluding carboxylic acids is 1.